The van der Waals surface area contributed by atoms with Gasteiger partial charge >= 0.3 is 0 Å². The summed E-state index contributed by atoms with van der Waals surface area (Å²) in [6, 6.07) is 0. The highest BCUT2D eigenvalue weighted by molar-refractivity contribution is 9.09. The molecule has 1 nitrogen and oxygen atoms in total. The van der Waals surface area contributed by atoms with Crippen molar-refractivity contribution < 1.29 is 0 Å². The van der Waals surface area contributed by atoms with Crippen molar-refractivity contribution in [3.05, 3.63) is 0 Å². The zero-order chi connectivity index (χ0) is 10.9. The zero-order valence-corrected chi connectivity index (χ0v) is 11.7. The largest absolute Gasteiger partial charge is 0.302 e. The van der Waals surface area contributed by atoms with Crippen LogP contribution < -0.4 is 0 Å². The SMILES string of the molecule is CC1(C)CCC(CN2CCC(Br)C2)CC1. The molecule has 1 unspecified atom stereocenters. The molecule has 15 heavy (non-hydrogen) atoms. The maximum atomic E-state index is 3.72. The lowest BCUT2D eigenvalue weighted by Gasteiger charge is -2.35. The van der Waals surface area contributed by atoms with Gasteiger partial charge < -0.3 is 4.90 Å². The van der Waals surface area contributed by atoms with E-state index in [2.05, 4.69) is 34.7 Å². The van der Waals surface area contributed by atoms with Crippen LogP contribution in [0.15, 0.2) is 0 Å². The first kappa shape index (κ1) is 11.9. The highest BCUT2D eigenvalue weighted by atomic mass is 79.9. The Kier molecular flexibility index (Phi) is 3.77. The zero-order valence-electron chi connectivity index (χ0n) is 10.1. The van der Waals surface area contributed by atoms with Gasteiger partial charge in [-0.3, -0.25) is 0 Å². The van der Waals surface area contributed by atoms with E-state index in [0.29, 0.717) is 5.41 Å². The molecule has 0 aromatic carbocycles. The van der Waals surface area contributed by atoms with Crippen LogP contribution in [0.25, 0.3) is 0 Å². The molecule has 1 atom stereocenters. The number of hydrogen-bond donors (Lipinski definition) is 0. The standard InChI is InChI=1S/C13H24BrN/c1-13(2)6-3-11(4-7-13)9-15-8-5-12(14)10-15/h11-12H,3-10H2,1-2H3. The predicted molar refractivity (Wildman–Crippen MR) is 69.5 cm³/mol. The summed E-state index contributed by atoms with van der Waals surface area (Å²) in [5.74, 6) is 0.982. The van der Waals surface area contributed by atoms with E-state index in [-0.39, 0.29) is 0 Å². The summed E-state index contributed by atoms with van der Waals surface area (Å²) >= 11 is 3.72. The normalized spacial score (nSPS) is 33.4. The second-order valence-corrected chi connectivity index (χ2v) is 7.55. The van der Waals surface area contributed by atoms with Crippen LogP contribution in [0, 0.1) is 11.3 Å². The Balaban J connectivity index is 1.73. The Morgan fingerprint density at radius 3 is 2.40 bits per heavy atom. The van der Waals surface area contributed by atoms with Crippen molar-refractivity contribution in [3.8, 4) is 0 Å². The van der Waals surface area contributed by atoms with E-state index in [1.54, 1.807) is 0 Å². The quantitative estimate of drug-likeness (QED) is 0.694. The molecule has 0 N–H and O–H groups in total. The van der Waals surface area contributed by atoms with Gasteiger partial charge in [0.05, 0.1) is 0 Å². The van der Waals surface area contributed by atoms with Crippen molar-refractivity contribution in [1.29, 1.82) is 0 Å². The predicted octanol–water partition coefficient (Wildman–Crippen LogP) is 3.67. The van der Waals surface area contributed by atoms with Crippen molar-refractivity contribution in [1.82, 2.24) is 4.90 Å². The molecule has 0 aromatic heterocycles. The van der Waals surface area contributed by atoms with Gasteiger partial charge in [-0.25, -0.2) is 0 Å². The number of nitrogens with zero attached hydrogens (tertiary/aromatic N) is 1. The fourth-order valence-electron chi connectivity index (χ4n) is 2.96. The average molecular weight is 274 g/mol. The minimum absolute atomic E-state index is 0.624. The van der Waals surface area contributed by atoms with Crippen molar-refractivity contribution in [2.24, 2.45) is 11.3 Å². The maximum Gasteiger partial charge on any atom is 0.0285 e. The summed E-state index contributed by atoms with van der Waals surface area (Å²) in [6.07, 6.45) is 7.12. The molecule has 1 aliphatic heterocycles. The molecule has 1 heterocycles. The molecule has 0 bridgehead atoms. The number of alkyl halides is 1. The second-order valence-electron chi connectivity index (χ2n) is 6.25. The number of rotatable bonds is 2. The Morgan fingerprint density at radius 1 is 1.20 bits per heavy atom. The van der Waals surface area contributed by atoms with Gasteiger partial charge in [-0.1, -0.05) is 29.8 Å². The molecule has 1 saturated carbocycles. The van der Waals surface area contributed by atoms with E-state index in [9.17, 15) is 0 Å². The van der Waals surface area contributed by atoms with Crippen LogP contribution in [0.5, 0.6) is 0 Å². The second kappa shape index (κ2) is 4.75. The lowest BCUT2D eigenvalue weighted by molar-refractivity contribution is 0.156. The Morgan fingerprint density at radius 2 is 1.87 bits per heavy atom. The lowest BCUT2D eigenvalue weighted by atomic mass is 9.73. The summed E-state index contributed by atoms with van der Waals surface area (Å²) in [7, 11) is 0. The third-order valence-electron chi connectivity index (χ3n) is 4.19. The summed E-state index contributed by atoms with van der Waals surface area (Å²) < 4.78 is 0. The van der Waals surface area contributed by atoms with Gasteiger partial charge in [-0.15, -0.1) is 0 Å². The van der Waals surface area contributed by atoms with Crippen LogP contribution in [0.2, 0.25) is 0 Å². The molecule has 0 amide bonds. The Bertz CT molecular complexity index is 205. The van der Waals surface area contributed by atoms with Crippen molar-refractivity contribution >= 4 is 15.9 Å². The summed E-state index contributed by atoms with van der Waals surface area (Å²) in [5, 5.41) is 0. The molecule has 0 radical (unpaired) electrons. The molecule has 1 aliphatic carbocycles. The smallest absolute Gasteiger partial charge is 0.0285 e. The van der Waals surface area contributed by atoms with Crippen LogP contribution in [-0.2, 0) is 0 Å². The topological polar surface area (TPSA) is 3.24 Å². The van der Waals surface area contributed by atoms with E-state index >= 15 is 0 Å². The first-order valence-corrected chi connectivity index (χ1v) is 7.33. The molecule has 0 aromatic rings. The lowest BCUT2D eigenvalue weighted by Crippen LogP contribution is -2.31. The van der Waals surface area contributed by atoms with Crippen molar-refractivity contribution in [2.75, 3.05) is 19.6 Å². The average Bonchev–Trinajstić information content (AvgIpc) is 2.55. The van der Waals surface area contributed by atoms with Gasteiger partial charge in [-0.05, 0) is 50.0 Å². The molecule has 1 saturated heterocycles. The molecular weight excluding hydrogens is 250 g/mol. The third kappa shape index (κ3) is 3.45. The molecule has 2 rings (SSSR count). The fourth-order valence-corrected chi connectivity index (χ4v) is 3.57. The van der Waals surface area contributed by atoms with Gasteiger partial charge in [0.2, 0.25) is 0 Å². The van der Waals surface area contributed by atoms with E-state index in [4.69, 9.17) is 0 Å². The number of halogens is 1. The minimum atomic E-state index is 0.624. The van der Waals surface area contributed by atoms with Gasteiger partial charge in [0.25, 0.3) is 0 Å². The van der Waals surface area contributed by atoms with Crippen LogP contribution in [0.4, 0.5) is 0 Å². The highest BCUT2D eigenvalue weighted by Gasteiger charge is 2.29. The van der Waals surface area contributed by atoms with Gasteiger partial charge in [0.1, 0.15) is 0 Å². The van der Waals surface area contributed by atoms with E-state index < -0.39 is 0 Å². The molecule has 2 aliphatic rings. The van der Waals surface area contributed by atoms with E-state index in [0.717, 1.165) is 10.7 Å². The van der Waals surface area contributed by atoms with Gasteiger partial charge in [0.15, 0.2) is 0 Å². The van der Waals surface area contributed by atoms with Gasteiger partial charge in [-0.2, -0.15) is 0 Å². The minimum Gasteiger partial charge on any atom is -0.302 e. The van der Waals surface area contributed by atoms with E-state index in [1.807, 2.05) is 0 Å². The third-order valence-corrected chi connectivity index (χ3v) is 4.94. The Labute approximate surface area is 103 Å². The monoisotopic (exact) mass is 273 g/mol. The molecule has 2 heteroatoms. The molecule has 88 valence electrons. The highest BCUT2D eigenvalue weighted by Crippen LogP contribution is 2.38. The number of likely N-dealkylation sites (tertiary alicyclic amines) is 1. The summed E-state index contributed by atoms with van der Waals surface area (Å²) in [6.45, 7) is 8.80. The van der Waals surface area contributed by atoms with Crippen LogP contribution in [0.1, 0.15) is 46.0 Å². The van der Waals surface area contributed by atoms with Crippen LogP contribution >= 0.6 is 15.9 Å². The number of hydrogen-bond acceptors (Lipinski definition) is 1. The van der Waals surface area contributed by atoms with Crippen LogP contribution in [0.3, 0.4) is 0 Å². The van der Waals surface area contributed by atoms with Crippen molar-refractivity contribution in [3.63, 3.8) is 0 Å². The fraction of sp³-hybridized carbons (Fsp3) is 1.00. The summed E-state index contributed by atoms with van der Waals surface area (Å²) in [5.41, 5.74) is 0.624. The van der Waals surface area contributed by atoms with Crippen molar-refractivity contribution in [2.45, 2.75) is 50.8 Å². The summed E-state index contributed by atoms with van der Waals surface area (Å²) in [4.78, 5) is 3.42. The van der Waals surface area contributed by atoms with Gasteiger partial charge in [0, 0.05) is 17.9 Å². The molecule has 2 fully saturated rings. The molecular formula is C13H24BrN. The first-order chi connectivity index (χ1) is 7.05. The molecule has 0 spiro atoms. The van der Waals surface area contributed by atoms with E-state index in [1.165, 1.54) is 51.7 Å². The van der Waals surface area contributed by atoms with Crippen LogP contribution in [-0.4, -0.2) is 29.4 Å². The first-order valence-electron chi connectivity index (χ1n) is 6.42. The Hall–Kier alpha value is 0.440. The maximum absolute atomic E-state index is 3.72.